The molecule has 0 aliphatic carbocycles. The van der Waals surface area contributed by atoms with Crippen molar-refractivity contribution in [3.05, 3.63) is 42.7 Å². The van der Waals surface area contributed by atoms with Crippen LogP contribution < -0.4 is 0 Å². The van der Waals surface area contributed by atoms with Crippen LogP contribution in [0, 0.1) is 6.58 Å². The highest BCUT2D eigenvalue weighted by atomic mass is 14.7. The van der Waals surface area contributed by atoms with Gasteiger partial charge in [-0.15, -0.1) is 0 Å². The summed E-state index contributed by atoms with van der Waals surface area (Å²) in [6.45, 7) is 5.22. The van der Waals surface area contributed by atoms with E-state index in [1.54, 1.807) is 12.3 Å². The number of hydrogen-bond donors (Lipinski definition) is 0. The Morgan fingerprint density at radius 3 is 3.00 bits per heavy atom. The van der Waals surface area contributed by atoms with Gasteiger partial charge in [0.1, 0.15) is 0 Å². The normalized spacial score (nSPS) is 9.20. The maximum atomic E-state index is 5.22. The maximum Gasteiger partial charge on any atom is 0.0406 e. The summed E-state index contributed by atoms with van der Waals surface area (Å²) in [5.41, 5.74) is 1.10. The second kappa shape index (κ2) is 3.83. The van der Waals surface area contributed by atoms with Crippen LogP contribution in [0.2, 0.25) is 0 Å². The van der Waals surface area contributed by atoms with Gasteiger partial charge in [0.25, 0.3) is 0 Å². The second-order valence-electron chi connectivity index (χ2n) is 2.10. The minimum atomic E-state index is 0.900. The first-order chi connectivity index (χ1) is 4.93. The molecule has 0 aromatic carbocycles. The van der Waals surface area contributed by atoms with Crippen molar-refractivity contribution in [3.63, 3.8) is 0 Å². The van der Waals surface area contributed by atoms with E-state index in [2.05, 4.69) is 4.98 Å². The molecule has 51 valence electrons. The van der Waals surface area contributed by atoms with E-state index in [1.165, 1.54) is 0 Å². The molecule has 0 aliphatic heterocycles. The lowest BCUT2D eigenvalue weighted by Crippen LogP contribution is -1.85. The summed E-state index contributed by atoms with van der Waals surface area (Å²) in [6, 6.07) is 5.90. The van der Waals surface area contributed by atoms with Crippen LogP contribution >= 0.6 is 0 Å². The minimum Gasteiger partial charge on any atom is -0.261 e. The van der Waals surface area contributed by atoms with Gasteiger partial charge in [-0.3, -0.25) is 4.98 Å². The molecule has 1 aromatic rings. The third-order valence-electron chi connectivity index (χ3n) is 1.29. The predicted molar refractivity (Wildman–Crippen MR) is 41.4 cm³/mol. The van der Waals surface area contributed by atoms with Gasteiger partial charge < -0.3 is 0 Å². The van der Waals surface area contributed by atoms with Gasteiger partial charge in [-0.2, -0.15) is 0 Å². The molecule has 1 heterocycles. The Labute approximate surface area is 61.4 Å². The van der Waals surface area contributed by atoms with Crippen LogP contribution in [0.5, 0.6) is 0 Å². The number of aromatic nitrogens is 1. The monoisotopic (exact) mass is 132 g/mol. The zero-order valence-corrected chi connectivity index (χ0v) is 5.83. The van der Waals surface area contributed by atoms with E-state index in [9.17, 15) is 0 Å². The quantitative estimate of drug-likeness (QED) is 0.613. The molecular formula is C9H10N. The fourth-order valence-electron chi connectivity index (χ4n) is 0.777. The van der Waals surface area contributed by atoms with Gasteiger partial charge in [0, 0.05) is 11.9 Å². The van der Waals surface area contributed by atoms with E-state index in [1.807, 2.05) is 18.2 Å². The van der Waals surface area contributed by atoms with E-state index >= 15 is 0 Å². The number of aryl methyl sites for hydroxylation is 1. The number of allylic oxidation sites excluding steroid dienone is 1. The van der Waals surface area contributed by atoms with E-state index in [4.69, 9.17) is 6.58 Å². The predicted octanol–water partition coefficient (Wildman–Crippen LogP) is 2.00. The molecule has 0 saturated heterocycles. The molecule has 1 radical (unpaired) electrons. The summed E-state index contributed by atoms with van der Waals surface area (Å²) in [5, 5.41) is 0. The minimum absolute atomic E-state index is 0.900. The molecule has 0 spiro atoms. The van der Waals surface area contributed by atoms with Gasteiger partial charge in [-0.05, 0) is 25.0 Å². The molecule has 0 atom stereocenters. The molecule has 0 N–H and O–H groups in total. The Hall–Kier alpha value is -1.11. The Morgan fingerprint density at radius 1 is 1.50 bits per heavy atom. The molecule has 0 amide bonds. The largest absolute Gasteiger partial charge is 0.261 e. The third kappa shape index (κ3) is 2.02. The Morgan fingerprint density at radius 2 is 2.40 bits per heavy atom. The van der Waals surface area contributed by atoms with E-state index in [0.717, 1.165) is 18.5 Å². The molecule has 1 heteroatoms. The average molecular weight is 132 g/mol. The molecule has 0 aliphatic rings. The zero-order valence-electron chi connectivity index (χ0n) is 5.83. The number of nitrogens with zero attached hydrogens (tertiary/aromatic N) is 1. The van der Waals surface area contributed by atoms with Crippen molar-refractivity contribution in [2.24, 2.45) is 0 Å². The average Bonchev–Trinajstić information content (AvgIpc) is 2.03. The van der Waals surface area contributed by atoms with Crippen molar-refractivity contribution in [2.45, 2.75) is 12.8 Å². The molecule has 1 aromatic heterocycles. The summed E-state index contributed by atoms with van der Waals surface area (Å²) in [6.07, 6.45) is 5.30. The van der Waals surface area contributed by atoms with E-state index < -0.39 is 0 Å². The molecule has 1 rings (SSSR count). The van der Waals surface area contributed by atoms with Gasteiger partial charge in [0.15, 0.2) is 0 Å². The fourth-order valence-corrected chi connectivity index (χ4v) is 0.777. The second-order valence-corrected chi connectivity index (χ2v) is 2.10. The highest BCUT2D eigenvalue weighted by Gasteiger charge is 1.87. The maximum absolute atomic E-state index is 5.22. The highest BCUT2D eigenvalue weighted by molar-refractivity contribution is 5.03. The zero-order chi connectivity index (χ0) is 7.23. The first-order valence-corrected chi connectivity index (χ1v) is 3.37. The summed E-state index contributed by atoms with van der Waals surface area (Å²) in [7, 11) is 0. The van der Waals surface area contributed by atoms with Crippen molar-refractivity contribution in [1.82, 2.24) is 4.98 Å². The molecule has 0 bridgehead atoms. The first kappa shape index (κ1) is 7.00. The Balaban J connectivity index is 2.50. The fraction of sp³-hybridized carbons (Fsp3) is 0.222. The van der Waals surface area contributed by atoms with Crippen LogP contribution in [0.15, 0.2) is 30.5 Å². The number of pyridine rings is 1. The van der Waals surface area contributed by atoms with Gasteiger partial charge >= 0.3 is 0 Å². The Bertz CT molecular complexity index is 191. The molecule has 0 unspecified atom stereocenters. The van der Waals surface area contributed by atoms with Crippen LogP contribution in [0.3, 0.4) is 0 Å². The number of rotatable bonds is 3. The van der Waals surface area contributed by atoms with Crippen LogP contribution in [0.1, 0.15) is 12.1 Å². The summed E-state index contributed by atoms with van der Waals surface area (Å²) in [5.74, 6) is 0. The smallest absolute Gasteiger partial charge is 0.0406 e. The molecule has 1 nitrogen and oxygen atoms in total. The molecule has 0 fully saturated rings. The topological polar surface area (TPSA) is 12.9 Å². The SMILES string of the molecule is [CH]=CCCc1ccccn1. The van der Waals surface area contributed by atoms with Crippen molar-refractivity contribution in [1.29, 1.82) is 0 Å². The van der Waals surface area contributed by atoms with Crippen molar-refractivity contribution >= 4 is 0 Å². The summed E-state index contributed by atoms with van der Waals surface area (Å²) >= 11 is 0. The lowest BCUT2D eigenvalue weighted by molar-refractivity contribution is 0.944. The van der Waals surface area contributed by atoms with Gasteiger partial charge in [0.05, 0.1) is 0 Å². The lowest BCUT2D eigenvalue weighted by Gasteiger charge is -1.93. The molecule has 10 heavy (non-hydrogen) atoms. The third-order valence-corrected chi connectivity index (χ3v) is 1.29. The lowest BCUT2D eigenvalue weighted by atomic mass is 10.2. The van der Waals surface area contributed by atoms with Gasteiger partial charge in [-0.1, -0.05) is 18.7 Å². The van der Waals surface area contributed by atoms with Crippen molar-refractivity contribution in [3.8, 4) is 0 Å². The van der Waals surface area contributed by atoms with Crippen molar-refractivity contribution < 1.29 is 0 Å². The number of hydrogen-bond acceptors (Lipinski definition) is 1. The van der Waals surface area contributed by atoms with Crippen LogP contribution in [-0.4, -0.2) is 4.98 Å². The van der Waals surface area contributed by atoms with Crippen LogP contribution in [0.4, 0.5) is 0 Å². The first-order valence-electron chi connectivity index (χ1n) is 3.37. The summed E-state index contributed by atoms with van der Waals surface area (Å²) in [4.78, 5) is 4.14. The molecular weight excluding hydrogens is 122 g/mol. The van der Waals surface area contributed by atoms with Gasteiger partial charge in [0.2, 0.25) is 0 Å². The Kier molecular flexibility index (Phi) is 2.68. The highest BCUT2D eigenvalue weighted by Crippen LogP contribution is 1.97. The standard InChI is InChI=1S/C9H10N/c1-2-3-6-9-7-4-5-8-10-9/h1-2,4-5,7-8H,3,6H2. The van der Waals surface area contributed by atoms with Crippen molar-refractivity contribution in [2.75, 3.05) is 0 Å². The van der Waals surface area contributed by atoms with E-state index in [-0.39, 0.29) is 0 Å². The van der Waals surface area contributed by atoms with Crippen LogP contribution in [0.25, 0.3) is 0 Å². The summed E-state index contributed by atoms with van der Waals surface area (Å²) < 4.78 is 0. The van der Waals surface area contributed by atoms with Crippen LogP contribution in [-0.2, 0) is 6.42 Å². The molecule has 0 saturated carbocycles. The van der Waals surface area contributed by atoms with Gasteiger partial charge in [-0.25, -0.2) is 0 Å². The van der Waals surface area contributed by atoms with E-state index in [0.29, 0.717) is 0 Å².